The van der Waals surface area contributed by atoms with Crippen molar-refractivity contribution < 1.29 is 9.31 Å². The first kappa shape index (κ1) is 13.6. The molecule has 0 aliphatic rings. The van der Waals surface area contributed by atoms with Crippen molar-refractivity contribution in [3.05, 3.63) is 39.7 Å². The molecule has 0 aliphatic carbocycles. The molecule has 1 rings (SSSR count). The van der Waals surface area contributed by atoms with E-state index in [0.29, 0.717) is 12.5 Å². The molecule has 0 fully saturated rings. The van der Waals surface area contributed by atoms with Crippen LogP contribution in [0.25, 0.3) is 0 Å². The Balaban J connectivity index is 2.74. The van der Waals surface area contributed by atoms with Crippen molar-refractivity contribution in [1.82, 2.24) is 4.90 Å². The Kier molecular flexibility index (Phi) is 4.57. The highest BCUT2D eigenvalue weighted by molar-refractivity contribution is 5.34. The fourth-order valence-electron chi connectivity index (χ4n) is 1.80. The summed E-state index contributed by atoms with van der Waals surface area (Å²) in [6.07, 6.45) is 0. The van der Waals surface area contributed by atoms with Crippen LogP contribution >= 0.6 is 0 Å². The Bertz CT molecular complexity index is 407. The van der Waals surface area contributed by atoms with Crippen LogP contribution in [0.2, 0.25) is 0 Å². The van der Waals surface area contributed by atoms with Crippen molar-refractivity contribution in [3.8, 4) is 0 Å². The quantitative estimate of drug-likeness (QED) is 0.587. The molecule has 0 bridgehead atoms. The van der Waals surface area contributed by atoms with Gasteiger partial charge in [0.2, 0.25) is 5.82 Å². The third-order valence-corrected chi connectivity index (χ3v) is 2.34. The highest BCUT2D eigenvalue weighted by atomic mass is 19.1. The summed E-state index contributed by atoms with van der Waals surface area (Å²) < 4.78 is 13.4. The summed E-state index contributed by atoms with van der Waals surface area (Å²) in [6, 6.07) is 4.04. The average Bonchev–Trinajstić information content (AvgIpc) is 2.15. The molecule has 1 aromatic carbocycles. The summed E-state index contributed by atoms with van der Waals surface area (Å²) in [7, 11) is 1.94. The lowest BCUT2D eigenvalue weighted by molar-refractivity contribution is -0.387. The van der Waals surface area contributed by atoms with Gasteiger partial charge in [0, 0.05) is 19.2 Å². The van der Waals surface area contributed by atoms with Crippen molar-refractivity contribution in [3.63, 3.8) is 0 Å². The Hall–Kier alpha value is -1.49. The zero-order valence-corrected chi connectivity index (χ0v) is 10.3. The number of nitrogens with zero attached hydrogens (tertiary/aromatic N) is 2. The summed E-state index contributed by atoms with van der Waals surface area (Å²) in [6.45, 7) is 5.70. The predicted octanol–water partition coefficient (Wildman–Crippen LogP) is 2.82. The smallest absolute Gasteiger partial charge is 0.302 e. The van der Waals surface area contributed by atoms with Gasteiger partial charge in [-0.25, -0.2) is 0 Å². The molecule has 5 heteroatoms. The van der Waals surface area contributed by atoms with Crippen LogP contribution in [0.15, 0.2) is 18.2 Å². The van der Waals surface area contributed by atoms with Crippen LogP contribution in [0, 0.1) is 21.8 Å². The normalized spacial score (nSPS) is 11.2. The largest absolute Gasteiger partial charge is 0.304 e. The first-order valence-corrected chi connectivity index (χ1v) is 5.51. The third kappa shape index (κ3) is 4.11. The predicted molar refractivity (Wildman–Crippen MR) is 64.2 cm³/mol. The maximum absolute atomic E-state index is 13.4. The van der Waals surface area contributed by atoms with Crippen molar-refractivity contribution in [2.24, 2.45) is 5.92 Å². The molecule has 4 nitrogen and oxygen atoms in total. The summed E-state index contributed by atoms with van der Waals surface area (Å²) in [5.74, 6) is -0.242. The van der Waals surface area contributed by atoms with Crippen molar-refractivity contribution >= 4 is 5.69 Å². The second kappa shape index (κ2) is 5.72. The molecule has 1 aromatic rings. The summed E-state index contributed by atoms with van der Waals surface area (Å²) in [5.41, 5.74) is 0.275. The molecule has 0 N–H and O–H groups in total. The molecule has 0 heterocycles. The highest BCUT2D eigenvalue weighted by Gasteiger charge is 2.14. The maximum Gasteiger partial charge on any atom is 0.304 e. The zero-order valence-electron chi connectivity index (χ0n) is 10.3. The molecule has 0 aromatic heterocycles. The Morgan fingerprint density at radius 1 is 1.47 bits per heavy atom. The van der Waals surface area contributed by atoms with Gasteiger partial charge in [-0.3, -0.25) is 10.1 Å². The lowest BCUT2D eigenvalue weighted by Crippen LogP contribution is -2.22. The Morgan fingerprint density at radius 2 is 2.12 bits per heavy atom. The van der Waals surface area contributed by atoms with E-state index in [9.17, 15) is 14.5 Å². The molecule has 94 valence electrons. The molecule has 0 aliphatic heterocycles. The van der Waals surface area contributed by atoms with Crippen molar-refractivity contribution in [2.75, 3.05) is 13.6 Å². The van der Waals surface area contributed by atoms with Crippen LogP contribution in [0.1, 0.15) is 19.4 Å². The molecule has 0 unspecified atom stereocenters. The van der Waals surface area contributed by atoms with Gasteiger partial charge in [-0.05, 0) is 24.6 Å². The molecule has 0 radical (unpaired) electrons. The number of halogens is 1. The van der Waals surface area contributed by atoms with Crippen LogP contribution in [0.4, 0.5) is 10.1 Å². The fourth-order valence-corrected chi connectivity index (χ4v) is 1.80. The van der Waals surface area contributed by atoms with Gasteiger partial charge in [-0.1, -0.05) is 19.9 Å². The van der Waals surface area contributed by atoms with E-state index in [-0.39, 0.29) is 0 Å². The molecule has 17 heavy (non-hydrogen) atoms. The second-order valence-corrected chi connectivity index (χ2v) is 4.63. The van der Waals surface area contributed by atoms with Gasteiger partial charge in [-0.2, -0.15) is 4.39 Å². The van der Waals surface area contributed by atoms with E-state index in [1.54, 1.807) is 6.07 Å². The van der Waals surface area contributed by atoms with Gasteiger partial charge in [0.25, 0.3) is 0 Å². The maximum atomic E-state index is 13.4. The van der Waals surface area contributed by atoms with Gasteiger partial charge in [0.15, 0.2) is 0 Å². The molecular weight excluding hydrogens is 223 g/mol. The number of hydrogen-bond donors (Lipinski definition) is 0. The molecule has 0 saturated heterocycles. The van der Waals surface area contributed by atoms with Gasteiger partial charge in [0.1, 0.15) is 0 Å². The minimum atomic E-state index is -0.773. The van der Waals surface area contributed by atoms with Crippen molar-refractivity contribution in [1.29, 1.82) is 0 Å². The van der Waals surface area contributed by atoms with Gasteiger partial charge < -0.3 is 4.90 Å². The lowest BCUT2D eigenvalue weighted by Gasteiger charge is -2.18. The molecule has 0 amide bonds. The standard InChI is InChI=1S/C12H17FN2O2/c1-9(2)7-14(3)8-10-4-5-12(15(16)17)11(13)6-10/h4-6,9H,7-8H2,1-3H3. The molecule has 0 atom stereocenters. The Labute approximate surface area is 100 Å². The van der Waals surface area contributed by atoms with Crippen LogP contribution in [0.5, 0.6) is 0 Å². The number of benzene rings is 1. The van der Waals surface area contributed by atoms with Crippen LogP contribution in [-0.2, 0) is 6.54 Å². The van der Waals surface area contributed by atoms with Crippen LogP contribution in [0.3, 0.4) is 0 Å². The van der Waals surface area contributed by atoms with Gasteiger partial charge in [0.05, 0.1) is 4.92 Å². The number of hydrogen-bond acceptors (Lipinski definition) is 3. The van der Waals surface area contributed by atoms with Gasteiger partial charge in [-0.15, -0.1) is 0 Å². The lowest BCUT2D eigenvalue weighted by atomic mass is 10.1. The van der Waals surface area contributed by atoms with E-state index in [2.05, 4.69) is 18.7 Å². The fraction of sp³-hybridized carbons (Fsp3) is 0.500. The molecular formula is C12H17FN2O2. The van der Waals surface area contributed by atoms with Crippen LogP contribution < -0.4 is 0 Å². The third-order valence-electron chi connectivity index (χ3n) is 2.34. The summed E-state index contributed by atoms with van der Waals surface area (Å²) in [4.78, 5) is 11.8. The minimum absolute atomic E-state index is 0.472. The van der Waals surface area contributed by atoms with Gasteiger partial charge >= 0.3 is 5.69 Å². The minimum Gasteiger partial charge on any atom is -0.302 e. The SMILES string of the molecule is CC(C)CN(C)Cc1ccc([N+](=O)[O-])c(F)c1. The van der Waals surface area contributed by atoms with E-state index >= 15 is 0 Å². The van der Waals surface area contributed by atoms with Crippen molar-refractivity contribution in [2.45, 2.75) is 20.4 Å². The van der Waals surface area contributed by atoms with Crippen LogP contribution in [-0.4, -0.2) is 23.4 Å². The zero-order chi connectivity index (χ0) is 13.0. The number of nitro benzene ring substituents is 1. The van der Waals surface area contributed by atoms with E-state index in [1.165, 1.54) is 12.1 Å². The first-order valence-electron chi connectivity index (χ1n) is 5.51. The summed E-state index contributed by atoms with van der Waals surface area (Å²) >= 11 is 0. The summed E-state index contributed by atoms with van der Waals surface area (Å²) in [5, 5.41) is 10.5. The van der Waals surface area contributed by atoms with E-state index in [4.69, 9.17) is 0 Å². The molecule has 0 spiro atoms. The number of rotatable bonds is 5. The van der Waals surface area contributed by atoms with E-state index < -0.39 is 16.4 Å². The first-order chi connectivity index (χ1) is 7.90. The van der Waals surface area contributed by atoms with E-state index in [1.807, 2.05) is 7.05 Å². The monoisotopic (exact) mass is 240 g/mol. The van der Waals surface area contributed by atoms with E-state index in [0.717, 1.165) is 12.1 Å². The second-order valence-electron chi connectivity index (χ2n) is 4.63. The highest BCUT2D eigenvalue weighted by Crippen LogP contribution is 2.18. The molecule has 0 saturated carbocycles. The topological polar surface area (TPSA) is 46.4 Å². The Morgan fingerprint density at radius 3 is 2.59 bits per heavy atom. The average molecular weight is 240 g/mol. The number of nitro groups is 1.